The zero-order chi connectivity index (χ0) is 13.0. The summed E-state index contributed by atoms with van der Waals surface area (Å²) >= 11 is 1.51. The first-order valence-corrected chi connectivity index (χ1v) is 6.77. The van der Waals surface area contributed by atoms with Gasteiger partial charge in [0.15, 0.2) is 0 Å². The molecular weight excluding hydrogens is 248 g/mol. The smallest absolute Gasteiger partial charge is 0.237 e. The van der Waals surface area contributed by atoms with E-state index in [1.54, 1.807) is 23.3 Å². The predicted molar refractivity (Wildman–Crippen MR) is 73.0 cm³/mol. The summed E-state index contributed by atoms with van der Waals surface area (Å²) in [4.78, 5) is 19.9. The Morgan fingerprint density at radius 1 is 1.50 bits per heavy atom. The second-order valence-corrected chi connectivity index (χ2v) is 4.92. The van der Waals surface area contributed by atoms with Crippen molar-refractivity contribution in [3.05, 3.63) is 37.1 Å². The zero-order valence-electron chi connectivity index (χ0n) is 10.2. The van der Waals surface area contributed by atoms with Crippen LogP contribution >= 0.6 is 11.8 Å². The summed E-state index contributed by atoms with van der Waals surface area (Å²) in [5.74, 6) is 0.753. The highest BCUT2D eigenvalue weighted by Gasteiger charge is 2.11. The van der Waals surface area contributed by atoms with Crippen LogP contribution in [0.25, 0.3) is 5.82 Å². The molecule has 2 heterocycles. The molecule has 1 amide bonds. The van der Waals surface area contributed by atoms with Crippen LogP contribution in [0, 0.1) is 0 Å². The molecule has 1 N–H and O–H groups in total. The highest BCUT2D eigenvalue weighted by atomic mass is 32.2. The predicted octanol–water partition coefficient (Wildman–Crippen LogP) is 1.96. The molecule has 0 radical (unpaired) electrons. The van der Waals surface area contributed by atoms with E-state index < -0.39 is 0 Å². The van der Waals surface area contributed by atoms with Gasteiger partial charge in [-0.1, -0.05) is 0 Å². The van der Waals surface area contributed by atoms with E-state index in [1.165, 1.54) is 11.8 Å². The number of aromatic nitrogens is 3. The van der Waals surface area contributed by atoms with Crippen molar-refractivity contribution < 1.29 is 4.79 Å². The summed E-state index contributed by atoms with van der Waals surface area (Å²) in [5.41, 5.74) is 0.699. The van der Waals surface area contributed by atoms with Crippen molar-refractivity contribution in [2.24, 2.45) is 0 Å². The molecule has 1 unspecified atom stereocenters. The van der Waals surface area contributed by atoms with E-state index in [-0.39, 0.29) is 11.2 Å². The van der Waals surface area contributed by atoms with Crippen LogP contribution < -0.4 is 5.32 Å². The lowest BCUT2D eigenvalue weighted by molar-refractivity contribution is -0.115. The van der Waals surface area contributed by atoms with Gasteiger partial charge in [0.2, 0.25) is 5.91 Å². The van der Waals surface area contributed by atoms with E-state index in [2.05, 4.69) is 15.3 Å². The molecule has 0 saturated carbocycles. The third-order valence-corrected chi connectivity index (χ3v) is 3.43. The van der Waals surface area contributed by atoms with Gasteiger partial charge in [0, 0.05) is 12.4 Å². The Morgan fingerprint density at radius 3 is 2.89 bits per heavy atom. The summed E-state index contributed by atoms with van der Waals surface area (Å²) in [5, 5.41) is 2.75. The molecular formula is C12H14N4OS. The fourth-order valence-corrected chi connectivity index (χ4v) is 1.63. The van der Waals surface area contributed by atoms with Crippen molar-refractivity contribution in [1.82, 2.24) is 14.5 Å². The third kappa shape index (κ3) is 2.89. The Balaban J connectivity index is 2.06. The Morgan fingerprint density at radius 2 is 2.33 bits per heavy atom. The minimum atomic E-state index is -0.0710. The molecule has 0 bridgehead atoms. The van der Waals surface area contributed by atoms with Crippen molar-refractivity contribution in [1.29, 1.82) is 0 Å². The van der Waals surface area contributed by atoms with Crippen LogP contribution in [0.1, 0.15) is 6.92 Å². The maximum atomic E-state index is 11.7. The number of rotatable bonds is 4. The molecule has 2 aromatic heterocycles. The largest absolute Gasteiger partial charge is 0.324 e. The normalized spacial score (nSPS) is 12.1. The van der Waals surface area contributed by atoms with Gasteiger partial charge < -0.3 is 5.32 Å². The Hall–Kier alpha value is -1.82. The van der Waals surface area contributed by atoms with Gasteiger partial charge >= 0.3 is 0 Å². The minimum Gasteiger partial charge on any atom is -0.324 e. The van der Waals surface area contributed by atoms with Crippen molar-refractivity contribution in [2.75, 3.05) is 11.6 Å². The van der Waals surface area contributed by atoms with Crippen molar-refractivity contribution in [3.63, 3.8) is 0 Å². The van der Waals surface area contributed by atoms with Crippen LogP contribution in [0.5, 0.6) is 0 Å². The van der Waals surface area contributed by atoms with Gasteiger partial charge in [0.05, 0.1) is 17.1 Å². The number of thioether (sulfide) groups is 1. The van der Waals surface area contributed by atoms with Gasteiger partial charge in [-0.3, -0.25) is 9.36 Å². The molecule has 0 spiro atoms. The van der Waals surface area contributed by atoms with Crippen LogP contribution in [0.3, 0.4) is 0 Å². The number of anilines is 1. The van der Waals surface area contributed by atoms with Gasteiger partial charge in [0.25, 0.3) is 0 Å². The first kappa shape index (κ1) is 12.6. The third-order valence-electron chi connectivity index (χ3n) is 2.51. The standard InChI is InChI=1S/C12H14N4OS/c1-9(18-2)12(17)15-10-3-4-11(14-7-10)16-6-5-13-8-16/h3-9H,1-2H3,(H,15,17). The fraction of sp³-hybridized carbons (Fsp3) is 0.250. The van der Waals surface area contributed by atoms with Crippen LogP contribution in [0.15, 0.2) is 37.1 Å². The number of pyridine rings is 1. The van der Waals surface area contributed by atoms with Gasteiger partial charge in [-0.05, 0) is 25.3 Å². The topological polar surface area (TPSA) is 59.8 Å². The summed E-state index contributed by atoms with van der Waals surface area (Å²) in [6, 6.07) is 3.66. The number of amides is 1. The number of hydrogen-bond donors (Lipinski definition) is 1. The number of hydrogen-bond acceptors (Lipinski definition) is 4. The van der Waals surface area contributed by atoms with Crippen LogP contribution in [-0.2, 0) is 4.79 Å². The highest BCUT2D eigenvalue weighted by molar-refractivity contribution is 7.99. The SMILES string of the molecule is CSC(C)C(=O)Nc1ccc(-n2ccnc2)nc1. The van der Waals surface area contributed by atoms with Crippen LogP contribution in [0.4, 0.5) is 5.69 Å². The Kier molecular flexibility index (Phi) is 3.99. The maximum Gasteiger partial charge on any atom is 0.237 e. The molecule has 1 atom stereocenters. The molecule has 0 aliphatic rings. The van der Waals surface area contributed by atoms with E-state index in [1.807, 2.05) is 31.5 Å². The van der Waals surface area contributed by atoms with Crippen LogP contribution in [-0.4, -0.2) is 31.9 Å². The van der Waals surface area contributed by atoms with Gasteiger partial charge in [-0.15, -0.1) is 0 Å². The fourth-order valence-electron chi connectivity index (χ4n) is 1.36. The summed E-state index contributed by atoms with van der Waals surface area (Å²) in [7, 11) is 0. The number of imidazole rings is 1. The molecule has 0 aromatic carbocycles. The summed E-state index contributed by atoms with van der Waals surface area (Å²) < 4.78 is 1.80. The van der Waals surface area contributed by atoms with Crippen LogP contribution in [0.2, 0.25) is 0 Å². The lowest BCUT2D eigenvalue weighted by atomic mass is 10.3. The second-order valence-electron chi connectivity index (χ2n) is 3.74. The maximum absolute atomic E-state index is 11.7. The molecule has 2 aromatic rings. The first-order valence-electron chi connectivity index (χ1n) is 5.49. The average molecular weight is 262 g/mol. The Labute approximate surface area is 110 Å². The monoisotopic (exact) mass is 262 g/mol. The summed E-state index contributed by atoms with van der Waals surface area (Å²) in [6.07, 6.45) is 8.73. The number of carbonyl (C=O) groups is 1. The quantitative estimate of drug-likeness (QED) is 0.915. The van der Waals surface area contributed by atoms with E-state index in [9.17, 15) is 4.79 Å². The highest BCUT2D eigenvalue weighted by Crippen LogP contribution is 2.12. The van der Waals surface area contributed by atoms with E-state index in [0.29, 0.717) is 5.69 Å². The molecule has 0 aliphatic carbocycles. The number of carbonyl (C=O) groups excluding carboxylic acids is 1. The molecule has 6 heteroatoms. The van der Waals surface area contributed by atoms with Crippen molar-refractivity contribution >= 4 is 23.4 Å². The lowest BCUT2D eigenvalue weighted by Gasteiger charge is -2.09. The minimum absolute atomic E-state index is 0.0142. The van der Waals surface area contributed by atoms with E-state index in [4.69, 9.17) is 0 Å². The molecule has 0 fully saturated rings. The number of nitrogens with one attached hydrogen (secondary N) is 1. The van der Waals surface area contributed by atoms with Gasteiger partial charge in [-0.2, -0.15) is 11.8 Å². The first-order chi connectivity index (χ1) is 8.70. The van der Waals surface area contributed by atoms with Crippen molar-refractivity contribution in [3.8, 4) is 5.82 Å². The molecule has 94 valence electrons. The lowest BCUT2D eigenvalue weighted by Crippen LogP contribution is -2.22. The van der Waals surface area contributed by atoms with Gasteiger partial charge in [-0.25, -0.2) is 9.97 Å². The summed E-state index contributed by atoms with van der Waals surface area (Å²) in [6.45, 7) is 1.87. The Bertz CT molecular complexity index is 509. The molecule has 0 aliphatic heterocycles. The van der Waals surface area contributed by atoms with E-state index in [0.717, 1.165) is 5.82 Å². The second kappa shape index (κ2) is 5.68. The number of nitrogens with zero attached hydrogens (tertiary/aromatic N) is 3. The molecule has 2 rings (SSSR count). The van der Waals surface area contributed by atoms with E-state index >= 15 is 0 Å². The van der Waals surface area contributed by atoms with Crippen molar-refractivity contribution in [2.45, 2.75) is 12.2 Å². The zero-order valence-corrected chi connectivity index (χ0v) is 11.0. The van der Waals surface area contributed by atoms with Gasteiger partial charge in [0.1, 0.15) is 12.1 Å². The molecule has 18 heavy (non-hydrogen) atoms. The molecule has 0 saturated heterocycles. The molecule has 5 nitrogen and oxygen atoms in total. The average Bonchev–Trinajstić information content (AvgIpc) is 2.92.